The summed E-state index contributed by atoms with van der Waals surface area (Å²) in [5, 5.41) is 0.666. The van der Waals surface area contributed by atoms with E-state index in [0.717, 1.165) is 48.6 Å². The van der Waals surface area contributed by atoms with Gasteiger partial charge in [-0.05, 0) is 40.5 Å². The summed E-state index contributed by atoms with van der Waals surface area (Å²) in [6.45, 7) is 7.50. The molecular weight excluding hydrogens is 318 g/mol. The predicted molar refractivity (Wildman–Crippen MR) is 75.8 cm³/mol. The van der Waals surface area contributed by atoms with Crippen molar-refractivity contribution in [2.75, 3.05) is 39.5 Å². The normalized spacial score (nSPS) is 16.8. The topological polar surface area (TPSA) is 22.9 Å². The number of rotatable bonds is 4. The highest BCUT2D eigenvalue weighted by Gasteiger charge is 2.14. The second-order valence-electron chi connectivity index (χ2n) is 4.52. The minimum absolute atomic E-state index is 0.666. The Morgan fingerprint density at radius 3 is 2.78 bits per heavy atom. The molecule has 0 spiro atoms. The number of hydrogen-bond donors (Lipinski definition) is 1. The zero-order valence-electron chi connectivity index (χ0n) is 10.5. The van der Waals surface area contributed by atoms with Crippen LogP contribution in [0.25, 0.3) is 0 Å². The third-order valence-electron chi connectivity index (χ3n) is 3.04. The molecule has 1 aromatic carbocycles. The first kappa shape index (κ1) is 14.1. The quantitative estimate of drug-likeness (QED) is 0.905. The lowest BCUT2D eigenvalue weighted by atomic mass is 10.2. The Hall–Kier alpha value is -0.290. The van der Waals surface area contributed by atoms with Crippen LogP contribution in [0.4, 0.5) is 0 Å². The van der Waals surface area contributed by atoms with Gasteiger partial charge < -0.3 is 14.4 Å². The van der Waals surface area contributed by atoms with Crippen LogP contribution >= 0.6 is 27.5 Å². The number of aryl methyl sites for hydroxylation is 1. The molecule has 18 heavy (non-hydrogen) atoms. The first-order chi connectivity index (χ1) is 8.66. The molecule has 100 valence electrons. The summed E-state index contributed by atoms with van der Waals surface area (Å²) in [6.07, 6.45) is 0. The summed E-state index contributed by atoms with van der Waals surface area (Å²) in [4.78, 5) is 1.53. The van der Waals surface area contributed by atoms with Crippen molar-refractivity contribution < 1.29 is 14.4 Å². The van der Waals surface area contributed by atoms with Crippen molar-refractivity contribution in [3.8, 4) is 5.75 Å². The van der Waals surface area contributed by atoms with E-state index in [1.807, 2.05) is 19.1 Å². The molecule has 1 aliphatic rings. The highest BCUT2D eigenvalue weighted by Crippen LogP contribution is 2.34. The number of hydrogen-bond acceptors (Lipinski definition) is 2. The van der Waals surface area contributed by atoms with E-state index in [4.69, 9.17) is 21.1 Å². The van der Waals surface area contributed by atoms with Crippen LogP contribution in [0.5, 0.6) is 5.75 Å². The number of nitrogens with one attached hydrogen (secondary N) is 1. The van der Waals surface area contributed by atoms with Crippen LogP contribution in [0.2, 0.25) is 5.02 Å². The first-order valence-corrected chi connectivity index (χ1v) is 7.33. The lowest BCUT2D eigenvalue weighted by Crippen LogP contribution is -3.14. The molecule has 1 aromatic rings. The summed E-state index contributed by atoms with van der Waals surface area (Å²) in [6, 6.07) is 3.94. The molecule has 0 aromatic heterocycles. The number of ether oxygens (including phenoxy) is 2. The summed E-state index contributed by atoms with van der Waals surface area (Å²) in [7, 11) is 0. The Labute approximate surface area is 121 Å². The molecule has 1 aliphatic heterocycles. The molecule has 1 heterocycles. The predicted octanol–water partition coefficient (Wildman–Crippen LogP) is 1.70. The molecule has 0 amide bonds. The van der Waals surface area contributed by atoms with Crippen LogP contribution < -0.4 is 9.64 Å². The minimum atomic E-state index is 0.666. The van der Waals surface area contributed by atoms with E-state index in [-0.39, 0.29) is 0 Å². The Morgan fingerprint density at radius 1 is 1.39 bits per heavy atom. The van der Waals surface area contributed by atoms with Crippen molar-refractivity contribution in [2.45, 2.75) is 6.92 Å². The van der Waals surface area contributed by atoms with Crippen LogP contribution in [0.15, 0.2) is 16.6 Å². The maximum Gasteiger partial charge on any atom is 0.152 e. The van der Waals surface area contributed by atoms with Gasteiger partial charge in [0.15, 0.2) is 5.75 Å². The number of quaternary nitrogens is 1. The molecule has 0 saturated carbocycles. The van der Waals surface area contributed by atoms with E-state index in [2.05, 4.69) is 15.9 Å². The fraction of sp³-hybridized carbons (Fsp3) is 0.538. The average molecular weight is 336 g/mol. The summed E-state index contributed by atoms with van der Waals surface area (Å²) in [5.74, 6) is 0.745. The van der Waals surface area contributed by atoms with Gasteiger partial charge in [-0.3, -0.25) is 0 Å². The zero-order chi connectivity index (χ0) is 13.0. The fourth-order valence-electron chi connectivity index (χ4n) is 2.03. The van der Waals surface area contributed by atoms with E-state index in [0.29, 0.717) is 11.6 Å². The van der Waals surface area contributed by atoms with Gasteiger partial charge in [-0.1, -0.05) is 11.6 Å². The molecule has 5 heteroatoms. The maximum absolute atomic E-state index is 6.17. The minimum Gasteiger partial charge on any atom is -0.485 e. The Kier molecular flexibility index (Phi) is 5.30. The van der Waals surface area contributed by atoms with E-state index in [1.54, 1.807) is 0 Å². The zero-order valence-corrected chi connectivity index (χ0v) is 12.8. The monoisotopic (exact) mass is 334 g/mol. The van der Waals surface area contributed by atoms with Gasteiger partial charge in [0.2, 0.25) is 0 Å². The molecule has 0 aliphatic carbocycles. The second-order valence-corrected chi connectivity index (χ2v) is 5.78. The number of morpholine rings is 1. The highest BCUT2D eigenvalue weighted by atomic mass is 79.9. The van der Waals surface area contributed by atoms with Gasteiger partial charge in [-0.2, -0.15) is 0 Å². The van der Waals surface area contributed by atoms with Crippen molar-refractivity contribution in [1.82, 2.24) is 0 Å². The standard InChI is InChI=1S/C13H17BrClNO2/c1-10-8-11(14)13(12(15)9-10)18-7-4-16-2-5-17-6-3-16/h8-9H,2-7H2,1H3/p+1. The molecular formula is C13H18BrClNO2+. The van der Waals surface area contributed by atoms with Crippen molar-refractivity contribution in [3.05, 3.63) is 27.2 Å². The van der Waals surface area contributed by atoms with Crippen molar-refractivity contribution in [3.63, 3.8) is 0 Å². The van der Waals surface area contributed by atoms with Gasteiger partial charge >= 0.3 is 0 Å². The third-order valence-corrected chi connectivity index (χ3v) is 3.91. The van der Waals surface area contributed by atoms with Crippen molar-refractivity contribution >= 4 is 27.5 Å². The van der Waals surface area contributed by atoms with Gasteiger partial charge in [-0.15, -0.1) is 0 Å². The molecule has 0 atom stereocenters. The molecule has 0 unspecified atom stereocenters. The molecule has 1 fully saturated rings. The molecule has 0 radical (unpaired) electrons. The Morgan fingerprint density at radius 2 is 2.11 bits per heavy atom. The number of benzene rings is 1. The molecule has 2 rings (SSSR count). The van der Waals surface area contributed by atoms with Gasteiger partial charge in [-0.25, -0.2) is 0 Å². The first-order valence-electron chi connectivity index (χ1n) is 6.16. The van der Waals surface area contributed by atoms with E-state index in [9.17, 15) is 0 Å². The third kappa shape index (κ3) is 3.85. The van der Waals surface area contributed by atoms with E-state index >= 15 is 0 Å². The summed E-state index contributed by atoms with van der Waals surface area (Å²) in [5.41, 5.74) is 1.12. The lowest BCUT2D eigenvalue weighted by molar-refractivity contribution is -0.908. The van der Waals surface area contributed by atoms with Crippen LogP contribution in [-0.2, 0) is 4.74 Å². The molecule has 1 N–H and O–H groups in total. The van der Waals surface area contributed by atoms with Crippen LogP contribution in [-0.4, -0.2) is 39.5 Å². The summed E-state index contributed by atoms with van der Waals surface area (Å²) < 4.78 is 12.0. The Bertz CT molecular complexity index is 385. The average Bonchev–Trinajstić information content (AvgIpc) is 2.34. The van der Waals surface area contributed by atoms with Gasteiger partial charge in [0.05, 0.1) is 22.7 Å². The number of halogens is 2. The second kappa shape index (κ2) is 6.75. The lowest BCUT2D eigenvalue weighted by Gasteiger charge is -2.23. The summed E-state index contributed by atoms with van der Waals surface area (Å²) >= 11 is 9.66. The smallest absolute Gasteiger partial charge is 0.152 e. The van der Waals surface area contributed by atoms with Gasteiger partial charge in [0.25, 0.3) is 0 Å². The van der Waals surface area contributed by atoms with Crippen LogP contribution in [0.3, 0.4) is 0 Å². The van der Waals surface area contributed by atoms with E-state index in [1.165, 1.54) is 4.90 Å². The van der Waals surface area contributed by atoms with Crippen LogP contribution in [0.1, 0.15) is 5.56 Å². The molecule has 0 bridgehead atoms. The molecule has 3 nitrogen and oxygen atoms in total. The largest absolute Gasteiger partial charge is 0.485 e. The van der Waals surface area contributed by atoms with Crippen molar-refractivity contribution in [1.29, 1.82) is 0 Å². The maximum atomic E-state index is 6.17. The van der Waals surface area contributed by atoms with Crippen LogP contribution in [0, 0.1) is 6.92 Å². The highest BCUT2D eigenvalue weighted by molar-refractivity contribution is 9.10. The van der Waals surface area contributed by atoms with Gasteiger partial charge in [0, 0.05) is 0 Å². The van der Waals surface area contributed by atoms with Gasteiger partial charge in [0.1, 0.15) is 26.2 Å². The SMILES string of the molecule is Cc1cc(Cl)c(OCC[NH+]2CCOCC2)c(Br)c1. The Balaban J connectivity index is 1.86. The van der Waals surface area contributed by atoms with E-state index < -0.39 is 0 Å². The van der Waals surface area contributed by atoms with Crippen molar-refractivity contribution in [2.24, 2.45) is 0 Å². The molecule has 1 saturated heterocycles. The fourth-order valence-corrected chi connectivity index (χ4v) is 3.16.